The summed E-state index contributed by atoms with van der Waals surface area (Å²) < 4.78 is 0. The number of hydrogen-bond donors (Lipinski definition) is 2. The van der Waals surface area contributed by atoms with Crippen molar-refractivity contribution in [2.24, 2.45) is 0 Å². The zero-order valence-electron chi connectivity index (χ0n) is 6.15. The van der Waals surface area contributed by atoms with E-state index in [0.717, 1.165) is 0 Å². The van der Waals surface area contributed by atoms with Crippen LogP contribution < -0.4 is 10.6 Å². The number of pyridine rings is 1. The van der Waals surface area contributed by atoms with Crippen LogP contribution in [0.25, 0.3) is 0 Å². The van der Waals surface area contributed by atoms with Gasteiger partial charge >= 0.3 is 0 Å². The van der Waals surface area contributed by atoms with Crippen LogP contribution >= 0.6 is 0 Å². The predicted molar refractivity (Wildman–Crippen MR) is 43.6 cm³/mol. The van der Waals surface area contributed by atoms with Crippen molar-refractivity contribution in [3.63, 3.8) is 0 Å². The van der Waals surface area contributed by atoms with E-state index in [1.54, 1.807) is 12.1 Å². The molecule has 1 aromatic rings. The number of anilines is 2. The zero-order chi connectivity index (χ0) is 8.81. The molecular weight excluding hydrogens is 158 g/mol. The summed E-state index contributed by atoms with van der Waals surface area (Å²) in [6, 6.07) is 3.16. The average Bonchev–Trinajstić information content (AvgIpc) is 2.06. The molecule has 0 bridgehead atoms. The maximum absolute atomic E-state index is 10.0. The summed E-state index contributed by atoms with van der Waals surface area (Å²) in [4.78, 5) is 23.8. The third-order valence-corrected chi connectivity index (χ3v) is 1.19. The third-order valence-electron chi connectivity index (χ3n) is 1.19. The van der Waals surface area contributed by atoms with E-state index in [1.165, 1.54) is 6.20 Å². The molecule has 2 amide bonds. The van der Waals surface area contributed by atoms with Crippen LogP contribution in [0.3, 0.4) is 0 Å². The second-order valence-electron chi connectivity index (χ2n) is 1.95. The van der Waals surface area contributed by atoms with Gasteiger partial charge in [0.15, 0.2) is 0 Å². The first-order valence-corrected chi connectivity index (χ1v) is 3.23. The fourth-order valence-corrected chi connectivity index (χ4v) is 0.728. The third kappa shape index (κ3) is 2.05. The van der Waals surface area contributed by atoms with Gasteiger partial charge in [0.25, 0.3) is 0 Å². The molecule has 0 atom stereocenters. The van der Waals surface area contributed by atoms with Crippen LogP contribution in [0.2, 0.25) is 0 Å². The summed E-state index contributed by atoms with van der Waals surface area (Å²) >= 11 is 0. The molecular formula is C7H7N3O2. The van der Waals surface area contributed by atoms with Crippen molar-refractivity contribution in [3.05, 3.63) is 18.3 Å². The lowest BCUT2D eigenvalue weighted by atomic mass is 10.4. The van der Waals surface area contributed by atoms with E-state index >= 15 is 0 Å². The summed E-state index contributed by atoms with van der Waals surface area (Å²) in [6.45, 7) is 0. The van der Waals surface area contributed by atoms with Crippen molar-refractivity contribution in [2.75, 3.05) is 10.6 Å². The topological polar surface area (TPSA) is 71.1 Å². The number of nitrogens with one attached hydrogen (secondary N) is 2. The number of aromatic nitrogens is 1. The minimum Gasteiger partial charge on any atom is -0.329 e. The Bertz CT molecular complexity index is 262. The highest BCUT2D eigenvalue weighted by Gasteiger charge is 1.93. The average molecular weight is 165 g/mol. The highest BCUT2D eigenvalue weighted by Crippen LogP contribution is 2.09. The Hall–Kier alpha value is -1.91. The van der Waals surface area contributed by atoms with Crippen molar-refractivity contribution >= 4 is 24.3 Å². The molecule has 2 N–H and O–H groups in total. The van der Waals surface area contributed by atoms with Gasteiger partial charge in [-0.1, -0.05) is 0 Å². The molecule has 0 saturated heterocycles. The van der Waals surface area contributed by atoms with Crippen LogP contribution in [0.1, 0.15) is 0 Å². The molecule has 0 unspecified atom stereocenters. The fourth-order valence-electron chi connectivity index (χ4n) is 0.728. The van der Waals surface area contributed by atoms with E-state index in [9.17, 15) is 9.59 Å². The minimum atomic E-state index is 0.400. The first kappa shape index (κ1) is 8.19. The Labute approximate surface area is 68.8 Å². The van der Waals surface area contributed by atoms with E-state index in [1.807, 2.05) is 0 Å². The van der Waals surface area contributed by atoms with Gasteiger partial charge in [-0.3, -0.25) is 9.59 Å². The molecule has 1 rings (SSSR count). The Balaban J connectivity index is 2.79. The number of hydrogen-bond acceptors (Lipinski definition) is 3. The highest BCUT2D eigenvalue weighted by atomic mass is 16.1. The minimum absolute atomic E-state index is 0.400. The molecule has 0 spiro atoms. The largest absolute Gasteiger partial charge is 0.329 e. The standard InChI is InChI=1S/C7H7N3O2/c11-4-9-6-1-2-8-7(3-6)10-5-12/h1-5H,(H2,8,9,10,11,12). The molecule has 5 heteroatoms. The molecule has 0 radical (unpaired) electrons. The Morgan fingerprint density at radius 1 is 1.25 bits per heavy atom. The van der Waals surface area contributed by atoms with Crippen LogP contribution in [0, 0.1) is 0 Å². The van der Waals surface area contributed by atoms with E-state index in [-0.39, 0.29) is 0 Å². The normalized spacial score (nSPS) is 8.67. The van der Waals surface area contributed by atoms with Gasteiger partial charge in [-0.2, -0.15) is 0 Å². The molecule has 12 heavy (non-hydrogen) atoms. The van der Waals surface area contributed by atoms with Gasteiger partial charge < -0.3 is 10.6 Å². The molecule has 0 aromatic carbocycles. The fraction of sp³-hybridized carbons (Fsp3) is 0. The molecule has 1 aromatic heterocycles. The molecule has 62 valence electrons. The number of amides is 2. The molecule has 0 aliphatic rings. The first-order chi connectivity index (χ1) is 5.86. The monoisotopic (exact) mass is 165 g/mol. The van der Waals surface area contributed by atoms with Gasteiger partial charge in [0.1, 0.15) is 5.82 Å². The maximum Gasteiger partial charge on any atom is 0.212 e. The van der Waals surface area contributed by atoms with Crippen molar-refractivity contribution in [1.29, 1.82) is 0 Å². The summed E-state index contributed by atoms with van der Waals surface area (Å²) in [7, 11) is 0. The molecule has 5 nitrogen and oxygen atoms in total. The van der Waals surface area contributed by atoms with E-state index < -0.39 is 0 Å². The first-order valence-electron chi connectivity index (χ1n) is 3.23. The van der Waals surface area contributed by atoms with Crippen LogP contribution in [-0.4, -0.2) is 17.8 Å². The van der Waals surface area contributed by atoms with Crippen molar-refractivity contribution in [1.82, 2.24) is 4.98 Å². The molecule has 0 saturated carbocycles. The number of carbonyl (C=O) groups excluding carboxylic acids is 2. The van der Waals surface area contributed by atoms with E-state index in [4.69, 9.17) is 0 Å². The van der Waals surface area contributed by atoms with Gasteiger partial charge in [0, 0.05) is 18.0 Å². The van der Waals surface area contributed by atoms with Crippen LogP contribution in [-0.2, 0) is 9.59 Å². The lowest BCUT2D eigenvalue weighted by Gasteiger charge is -2.00. The van der Waals surface area contributed by atoms with Crippen LogP contribution in [0.15, 0.2) is 18.3 Å². The van der Waals surface area contributed by atoms with Crippen molar-refractivity contribution < 1.29 is 9.59 Å². The van der Waals surface area contributed by atoms with Crippen LogP contribution in [0.5, 0.6) is 0 Å². The maximum atomic E-state index is 10.0. The lowest BCUT2D eigenvalue weighted by molar-refractivity contribution is -0.106. The van der Waals surface area contributed by atoms with E-state index in [2.05, 4.69) is 15.6 Å². The zero-order valence-corrected chi connectivity index (χ0v) is 6.15. The van der Waals surface area contributed by atoms with Crippen LogP contribution in [0.4, 0.5) is 11.5 Å². The second-order valence-corrected chi connectivity index (χ2v) is 1.95. The number of nitrogens with zero attached hydrogens (tertiary/aromatic N) is 1. The van der Waals surface area contributed by atoms with Gasteiger partial charge in [0.2, 0.25) is 12.8 Å². The Kier molecular flexibility index (Phi) is 2.78. The lowest BCUT2D eigenvalue weighted by Crippen LogP contribution is -1.99. The quantitative estimate of drug-likeness (QED) is 0.627. The number of rotatable bonds is 4. The molecule has 0 aliphatic carbocycles. The number of carbonyl (C=O) groups is 2. The molecule has 0 aliphatic heterocycles. The Morgan fingerprint density at radius 3 is 2.67 bits per heavy atom. The second kappa shape index (κ2) is 4.07. The predicted octanol–water partition coefficient (Wildman–Crippen LogP) is 0.218. The smallest absolute Gasteiger partial charge is 0.212 e. The molecule has 0 fully saturated rings. The SMILES string of the molecule is O=CNc1ccnc(NC=O)c1. The summed E-state index contributed by atoms with van der Waals surface area (Å²) in [6.07, 6.45) is 2.56. The summed E-state index contributed by atoms with van der Waals surface area (Å²) in [5.74, 6) is 0.400. The molecule has 1 heterocycles. The summed E-state index contributed by atoms with van der Waals surface area (Å²) in [5.41, 5.74) is 0.587. The van der Waals surface area contributed by atoms with Crippen molar-refractivity contribution in [2.45, 2.75) is 0 Å². The Morgan fingerprint density at radius 2 is 2.00 bits per heavy atom. The van der Waals surface area contributed by atoms with Gasteiger partial charge in [-0.25, -0.2) is 4.98 Å². The highest BCUT2D eigenvalue weighted by molar-refractivity contribution is 5.75. The van der Waals surface area contributed by atoms with Gasteiger partial charge in [-0.15, -0.1) is 0 Å². The van der Waals surface area contributed by atoms with Gasteiger partial charge in [-0.05, 0) is 6.07 Å². The summed E-state index contributed by atoms with van der Waals surface area (Å²) in [5, 5.41) is 4.79. The van der Waals surface area contributed by atoms with E-state index in [0.29, 0.717) is 24.3 Å². The van der Waals surface area contributed by atoms with Crippen molar-refractivity contribution in [3.8, 4) is 0 Å². The van der Waals surface area contributed by atoms with Gasteiger partial charge in [0.05, 0.1) is 0 Å².